The maximum absolute atomic E-state index is 12.2. The second-order valence-corrected chi connectivity index (χ2v) is 6.76. The summed E-state index contributed by atoms with van der Waals surface area (Å²) in [6, 6.07) is 7.55. The van der Waals surface area contributed by atoms with Crippen molar-refractivity contribution in [2.45, 2.75) is 30.8 Å². The van der Waals surface area contributed by atoms with Gasteiger partial charge in [-0.25, -0.2) is 0 Å². The number of esters is 1. The number of aromatic nitrogens is 4. The molecule has 0 saturated heterocycles. The molecule has 1 aromatic carbocycles. The van der Waals surface area contributed by atoms with E-state index in [-0.39, 0.29) is 5.97 Å². The predicted molar refractivity (Wildman–Crippen MR) is 89.3 cm³/mol. The highest BCUT2D eigenvalue weighted by Gasteiger charge is 2.42. The van der Waals surface area contributed by atoms with Crippen molar-refractivity contribution in [3.05, 3.63) is 24.3 Å². The van der Waals surface area contributed by atoms with E-state index in [1.54, 1.807) is 11.8 Å². The first kappa shape index (κ1) is 16.8. The Hall–Kier alpha value is -2.09. The van der Waals surface area contributed by atoms with Crippen molar-refractivity contribution in [1.82, 2.24) is 20.2 Å². The van der Waals surface area contributed by atoms with E-state index in [4.69, 9.17) is 9.47 Å². The molecule has 8 heteroatoms. The van der Waals surface area contributed by atoms with E-state index in [0.717, 1.165) is 31.4 Å². The molecular formula is C16H20N4O3S. The largest absolute Gasteiger partial charge is 0.494 e. The smallest absolute Gasteiger partial charge is 0.312 e. The van der Waals surface area contributed by atoms with Crippen molar-refractivity contribution in [3.8, 4) is 11.4 Å². The number of tetrazole rings is 1. The van der Waals surface area contributed by atoms with Gasteiger partial charge in [0, 0.05) is 5.75 Å². The number of carbonyl (C=O) groups excluding carboxylic acids is 1. The number of carbonyl (C=O) groups is 1. The van der Waals surface area contributed by atoms with Crippen molar-refractivity contribution in [3.63, 3.8) is 0 Å². The minimum Gasteiger partial charge on any atom is -0.494 e. The average Bonchev–Trinajstić information content (AvgIpc) is 3.29. The standard InChI is InChI=1S/C16H20N4O3S/c1-22-13-8-4-3-7-12(13)20-15(17-18-19-20)24-11-16(14(21)23-2)9-5-6-10-16/h3-4,7-8H,5-6,9-11H2,1-2H3. The topological polar surface area (TPSA) is 79.1 Å². The van der Waals surface area contributed by atoms with Gasteiger partial charge in [0.15, 0.2) is 0 Å². The normalized spacial score (nSPS) is 16.1. The molecule has 128 valence electrons. The van der Waals surface area contributed by atoms with E-state index in [2.05, 4.69) is 15.5 Å². The van der Waals surface area contributed by atoms with Crippen LogP contribution < -0.4 is 4.74 Å². The summed E-state index contributed by atoms with van der Waals surface area (Å²) in [7, 11) is 3.06. The first-order chi connectivity index (χ1) is 11.7. The highest BCUT2D eigenvalue weighted by Crippen LogP contribution is 2.43. The Kier molecular flexibility index (Phi) is 5.03. The number of benzene rings is 1. The van der Waals surface area contributed by atoms with Crippen LogP contribution in [-0.4, -0.2) is 46.1 Å². The van der Waals surface area contributed by atoms with Gasteiger partial charge in [0.1, 0.15) is 11.4 Å². The molecule has 0 spiro atoms. The quantitative estimate of drug-likeness (QED) is 0.586. The highest BCUT2D eigenvalue weighted by molar-refractivity contribution is 7.99. The fourth-order valence-corrected chi connectivity index (χ4v) is 4.27. The summed E-state index contributed by atoms with van der Waals surface area (Å²) < 4.78 is 12.0. The SMILES string of the molecule is COC(=O)C1(CSc2nnnn2-c2ccccc2OC)CCCC1. The Bertz CT molecular complexity index is 713. The summed E-state index contributed by atoms with van der Waals surface area (Å²) in [4.78, 5) is 12.2. The zero-order valence-electron chi connectivity index (χ0n) is 13.8. The van der Waals surface area contributed by atoms with Crippen molar-refractivity contribution in [2.24, 2.45) is 5.41 Å². The maximum atomic E-state index is 12.2. The Morgan fingerprint density at radius 3 is 2.75 bits per heavy atom. The van der Waals surface area contributed by atoms with E-state index >= 15 is 0 Å². The number of rotatable bonds is 6. The molecule has 0 radical (unpaired) electrons. The molecular weight excluding hydrogens is 328 g/mol. The zero-order chi connectivity index (χ0) is 17.0. The van der Waals surface area contributed by atoms with Gasteiger partial charge < -0.3 is 9.47 Å². The molecule has 2 aromatic rings. The summed E-state index contributed by atoms with van der Waals surface area (Å²) in [5, 5.41) is 12.6. The van der Waals surface area contributed by atoms with Crippen LogP contribution in [0.15, 0.2) is 29.4 Å². The third kappa shape index (κ3) is 3.10. The third-order valence-corrected chi connectivity index (χ3v) is 5.62. The van der Waals surface area contributed by atoms with Crippen molar-refractivity contribution in [2.75, 3.05) is 20.0 Å². The van der Waals surface area contributed by atoms with Crippen LogP contribution in [0.3, 0.4) is 0 Å². The average molecular weight is 348 g/mol. The molecule has 0 bridgehead atoms. The molecule has 24 heavy (non-hydrogen) atoms. The van der Waals surface area contributed by atoms with Gasteiger partial charge in [-0.3, -0.25) is 4.79 Å². The lowest BCUT2D eigenvalue weighted by molar-refractivity contribution is -0.151. The number of methoxy groups -OCH3 is 2. The molecule has 1 aliphatic rings. The minimum atomic E-state index is -0.434. The van der Waals surface area contributed by atoms with Gasteiger partial charge in [0.25, 0.3) is 0 Å². The maximum Gasteiger partial charge on any atom is 0.312 e. The Morgan fingerprint density at radius 2 is 2.04 bits per heavy atom. The molecule has 1 aromatic heterocycles. The molecule has 1 heterocycles. The van der Waals surface area contributed by atoms with E-state index in [1.165, 1.54) is 18.9 Å². The molecule has 0 unspecified atom stereocenters. The zero-order valence-corrected chi connectivity index (χ0v) is 14.6. The first-order valence-corrected chi connectivity index (χ1v) is 8.82. The molecule has 1 aliphatic carbocycles. The number of hydrogen-bond acceptors (Lipinski definition) is 7. The van der Waals surface area contributed by atoms with Crippen LogP contribution in [0.4, 0.5) is 0 Å². The highest BCUT2D eigenvalue weighted by atomic mass is 32.2. The van der Waals surface area contributed by atoms with Gasteiger partial charge in [-0.2, -0.15) is 4.68 Å². The number of nitrogens with zero attached hydrogens (tertiary/aromatic N) is 4. The Labute approximate surface area is 144 Å². The molecule has 0 aliphatic heterocycles. The van der Waals surface area contributed by atoms with Crippen LogP contribution in [0.1, 0.15) is 25.7 Å². The van der Waals surface area contributed by atoms with Crippen LogP contribution in [0, 0.1) is 5.41 Å². The lowest BCUT2D eigenvalue weighted by Gasteiger charge is -2.24. The van der Waals surface area contributed by atoms with E-state index in [0.29, 0.717) is 16.7 Å². The summed E-state index contributed by atoms with van der Waals surface area (Å²) in [5.74, 6) is 1.16. The van der Waals surface area contributed by atoms with E-state index in [9.17, 15) is 4.79 Å². The summed E-state index contributed by atoms with van der Waals surface area (Å²) in [5.41, 5.74) is 0.336. The lowest BCUT2D eigenvalue weighted by Crippen LogP contribution is -2.32. The summed E-state index contributed by atoms with van der Waals surface area (Å²) in [6.45, 7) is 0. The van der Waals surface area contributed by atoms with E-state index < -0.39 is 5.41 Å². The molecule has 3 rings (SSSR count). The monoisotopic (exact) mass is 348 g/mol. The number of para-hydroxylation sites is 2. The first-order valence-electron chi connectivity index (χ1n) is 7.83. The molecule has 0 atom stereocenters. The summed E-state index contributed by atoms with van der Waals surface area (Å²) in [6.07, 6.45) is 3.80. The van der Waals surface area contributed by atoms with Crippen molar-refractivity contribution < 1.29 is 14.3 Å². The van der Waals surface area contributed by atoms with Crippen molar-refractivity contribution >= 4 is 17.7 Å². The van der Waals surface area contributed by atoms with Crippen LogP contribution in [0.25, 0.3) is 5.69 Å². The Balaban J connectivity index is 1.82. The predicted octanol–water partition coefficient (Wildman–Crippen LogP) is 2.50. The molecule has 1 fully saturated rings. The second-order valence-electron chi connectivity index (χ2n) is 5.81. The van der Waals surface area contributed by atoms with Gasteiger partial charge in [-0.1, -0.05) is 36.7 Å². The molecule has 7 nitrogen and oxygen atoms in total. The fraction of sp³-hybridized carbons (Fsp3) is 0.500. The third-order valence-electron chi connectivity index (χ3n) is 4.41. The van der Waals surface area contributed by atoms with E-state index in [1.807, 2.05) is 24.3 Å². The van der Waals surface area contributed by atoms with Gasteiger partial charge in [-0.05, 0) is 35.4 Å². The lowest BCUT2D eigenvalue weighted by atomic mass is 9.89. The van der Waals surface area contributed by atoms with Gasteiger partial charge in [0.2, 0.25) is 5.16 Å². The van der Waals surface area contributed by atoms with Crippen molar-refractivity contribution in [1.29, 1.82) is 0 Å². The number of hydrogen-bond donors (Lipinski definition) is 0. The molecule has 1 saturated carbocycles. The van der Waals surface area contributed by atoms with Crippen LogP contribution >= 0.6 is 11.8 Å². The fourth-order valence-electron chi connectivity index (χ4n) is 3.10. The van der Waals surface area contributed by atoms with Gasteiger partial charge >= 0.3 is 5.97 Å². The second kappa shape index (κ2) is 7.21. The number of thioether (sulfide) groups is 1. The van der Waals surface area contributed by atoms with Crippen LogP contribution in [0.5, 0.6) is 5.75 Å². The summed E-state index contributed by atoms with van der Waals surface area (Å²) >= 11 is 1.48. The molecule has 0 N–H and O–H groups in total. The van der Waals surface area contributed by atoms with Gasteiger partial charge in [-0.15, -0.1) is 5.10 Å². The minimum absolute atomic E-state index is 0.135. The number of ether oxygens (including phenoxy) is 2. The van der Waals surface area contributed by atoms with Crippen LogP contribution in [-0.2, 0) is 9.53 Å². The van der Waals surface area contributed by atoms with Crippen LogP contribution in [0.2, 0.25) is 0 Å². The Morgan fingerprint density at radius 1 is 1.29 bits per heavy atom. The van der Waals surface area contributed by atoms with Gasteiger partial charge in [0.05, 0.1) is 19.6 Å². The molecule has 0 amide bonds.